The molecule has 0 aliphatic heterocycles. The number of halogens is 3. The van der Waals surface area contributed by atoms with E-state index in [-0.39, 0.29) is 11.3 Å². The Morgan fingerprint density at radius 2 is 1.52 bits per heavy atom. The van der Waals surface area contributed by atoms with E-state index in [1.165, 1.54) is 24.3 Å². The van der Waals surface area contributed by atoms with E-state index >= 15 is 0 Å². The lowest BCUT2D eigenvalue weighted by atomic mass is 10.1. The maximum Gasteiger partial charge on any atom is 0.416 e. The predicted molar refractivity (Wildman–Crippen MR) is 95.7 cm³/mol. The lowest BCUT2D eigenvalue weighted by Crippen LogP contribution is -2.27. The van der Waals surface area contributed by atoms with Gasteiger partial charge in [0.2, 0.25) is 0 Å². The molecule has 0 saturated heterocycles. The van der Waals surface area contributed by atoms with Crippen molar-refractivity contribution in [2.24, 2.45) is 0 Å². The smallest absolute Gasteiger partial charge is 0.416 e. The number of carbonyl (C=O) groups excluding carboxylic acids is 2. The maximum absolute atomic E-state index is 12.6. The highest BCUT2D eigenvalue weighted by atomic mass is 19.4. The number of rotatable bonds is 3. The maximum atomic E-state index is 12.6. The number of hydrogen-bond donors (Lipinski definition) is 2. The van der Waals surface area contributed by atoms with Gasteiger partial charge in [0.1, 0.15) is 5.60 Å². The number of ether oxygens (including phenoxy) is 1. The van der Waals surface area contributed by atoms with Crippen LogP contribution in [0.25, 0.3) is 0 Å². The van der Waals surface area contributed by atoms with Crippen molar-refractivity contribution in [3.05, 3.63) is 59.7 Å². The summed E-state index contributed by atoms with van der Waals surface area (Å²) < 4.78 is 42.8. The zero-order chi connectivity index (χ0) is 20.2. The Morgan fingerprint density at radius 1 is 0.889 bits per heavy atom. The number of amides is 2. The Morgan fingerprint density at radius 3 is 2.07 bits per heavy atom. The number of hydrogen-bond acceptors (Lipinski definition) is 3. The van der Waals surface area contributed by atoms with E-state index in [2.05, 4.69) is 10.6 Å². The van der Waals surface area contributed by atoms with Gasteiger partial charge in [0, 0.05) is 16.9 Å². The largest absolute Gasteiger partial charge is 0.444 e. The molecule has 2 N–H and O–H groups in total. The molecule has 27 heavy (non-hydrogen) atoms. The molecule has 0 spiro atoms. The van der Waals surface area contributed by atoms with Crippen LogP contribution in [0.5, 0.6) is 0 Å². The molecule has 2 aromatic carbocycles. The summed E-state index contributed by atoms with van der Waals surface area (Å²) in [5.74, 6) is -0.525. The highest BCUT2D eigenvalue weighted by molar-refractivity contribution is 6.05. The molecule has 0 heterocycles. The van der Waals surface area contributed by atoms with Gasteiger partial charge in [-0.2, -0.15) is 13.2 Å². The predicted octanol–water partition coefficient (Wildman–Crippen LogP) is 5.30. The summed E-state index contributed by atoms with van der Waals surface area (Å²) in [5, 5.41) is 5.02. The fourth-order valence-corrected chi connectivity index (χ4v) is 2.11. The fourth-order valence-electron chi connectivity index (χ4n) is 2.11. The van der Waals surface area contributed by atoms with Crippen molar-refractivity contribution in [3.63, 3.8) is 0 Å². The van der Waals surface area contributed by atoms with Crippen LogP contribution in [0.1, 0.15) is 36.7 Å². The van der Waals surface area contributed by atoms with Gasteiger partial charge in [0.25, 0.3) is 5.91 Å². The third-order valence-corrected chi connectivity index (χ3v) is 3.24. The minimum atomic E-state index is -4.44. The molecule has 2 aromatic rings. The summed E-state index contributed by atoms with van der Waals surface area (Å²) in [5.41, 5.74) is -0.669. The van der Waals surface area contributed by atoms with Crippen molar-refractivity contribution in [1.29, 1.82) is 0 Å². The number of carbonyl (C=O) groups is 2. The second-order valence-electron chi connectivity index (χ2n) is 6.74. The van der Waals surface area contributed by atoms with Crippen molar-refractivity contribution >= 4 is 23.4 Å². The summed E-state index contributed by atoms with van der Waals surface area (Å²) in [4.78, 5) is 24.1. The number of anilines is 2. The Kier molecular flexibility index (Phi) is 5.78. The lowest BCUT2D eigenvalue weighted by Gasteiger charge is -2.19. The zero-order valence-corrected chi connectivity index (χ0v) is 15.0. The monoisotopic (exact) mass is 380 g/mol. The summed E-state index contributed by atoms with van der Waals surface area (Å²) >= 11 is 0. The van der Waals surface area contributed by atoms with Gasteiger partial charge in [-0.1, -0.05) is 6.07 Å². The van der Waals surface area contributed by atoms with Crippen LogP contribution in [0.15, 0.2) is 48.5 Å². The quantitative estimate of drug-likeness (QED) is 0.759. The van der Waals surface area contributed by atoms with Gasteiger partial charge >= 0.3 is 12.3 Å². The number of alkyl halides is 3. The van der Waals surface area contributed by atoms with Crippen LogP contribution in [0.2, 0.25) is 0 Å². The molecule has 0 aromatic heterocycles. The van der Waals surface area contributed by atoms with Crippen LogP contribution in [0, 0.1) is 0 Å². The topological polar surface area (TPSA) is 67.4 Å². The normalized spacial score (nSPS) is 11.6. The minimum Gasteiger partial charge on any atom is -0.444 e. The van der Waals surface area contributed by atoms with Gasteiger partial charge in [-0.3, -0.25) is 10.1 Å². The third kappa shape index (κ3) is 6.32. The zero-order valence-electron chi connectivity index (χ0n) is 15.0. The SMILES string of the molecule is CC(C)(C)OC(=O)Nc1cccc(C(=O)Nc2ccc(C(F)(F)F)cc2)c1. The molecule has 2 rings (SSSR count). The van der Waals surface area contributed by atoms with E-state index in [4.69, 9.17) is 4.74 Å². The van der Waals surface area contributed by atoms with E-state index in [1.807, 2.05) is 0 Å². The molecule has 0 aliphatic carbocycles. The van der Waals surface area contributed by atoms with Gasteiger partial charge < -0.3 is 10.1 Å². The molecule has 0 radical (unpaired) electrons. The summed E-state index contributed by atoms with van der Waals surface area (Å²) in [6.07, 6.45) is -5.10. The standard InChI is InChI=1S/C19H19F3N2O3/c1-18(2,3)27-17(26)24-15-6-4-5-12(11-15)16(25)23-14-9-7-13(8-10-14)19(20,21)22/h4-11H,1-3H3,(H,23,25)(H,24,26). The first kappa shape index (κ1) is 20.3. The Hall–Kier alpha value is -3.03. The van der Waals surface area contributed by atoms with Crippen molar-refractivity contribution in [3.8, 4) is 0 Å². The number of nitrogens with one attached hydrogen (secondary N) is 2. The first-order chi connectivity index (χ1) is 12.4. The van der Waals surface area contributed by atoms with E-state index in [0.717, 1.165) is 12.1 Å². The van der Waals surface area contributed by atoms with Gasteiger partial charge in [0.05, 0.1) is 5.56 Å². The summed E-state index contributed by atoms with van der Waals surface area (Å²) in [6.45, 7) is 5.17. The molecule has 0 atom stereocenters. The third-order valence-electron chi connectivity index (χ3n) is 3.24. The second-order valence-corrected chi connectivity index (χ2v) is 6.74. The second kappa shape index (κ2) is 7.69. The van der Waals surface area contributed by atoms with E-state index < -0.39 is 29.3 Å². The number of benzene rings is 2. The first-order valence-corrected chi connectivity index (χ1v) is 8.03. The summed E-state index contributed by atoms with van der Waals surface area (Å²) in [6, 6.07) is 10.2. The molecule has 0 bridgehead atoms. The van der Waals surface area contributed by atoms with Crippen LogP contribution >= 0.6 is 0 Å². The molecular formula is C19H19F3N2O3. The van der Waals surface area contributed by atoms with E-state index in [0.29, 0.717) is 5.69 Å². The van der Waals surface area contributed by atoms with Gasteiger partial charge in [0.15, 0.2) is 0 Å². The van der Waals surface area contributed by atoms with Crippen LogP contribution in [-0.2, 0) is 10.9 Å². The molecular weight excluding hydrogens is 361 g/mol. The van der Waals surface area contributed by atoms with Crippen LogP contribution in [0.3, 0.4) is 0 Å². The lowest BCUT2D eigenvalue weighted by molar-refractivity contribution is -0.137. The molecule has 0 unspecified atom stereocenters. The minimum absolute atomic E-state index is 0.221. The molecule has 8 heteroatoms. The highest BCUT2D eigenvalue weighted by Crippen LogP contribution is 2.29. The first-order valence-electron chi connectivity index (χ1n) is 8.03. The Balaban J connectivity index is 2.05. The van der Waals surface area contributed by atoms with Crippen LogP contribution in [-0.4, -0.2) is 17.6 Å². The molecule has 144 valence electrons. The molecule has 0 fully saturated rings. The van der Waals surface area contributed by atoms with E-state index in [1.54, 1.807) is 32.9 Å². The molecule has 0 saturated carbocycles. The average molecular weight is 380 g/mol. The van der Waals surface area contributed by atoms with Crippen molar-refractivity contribution in [1.82, 2.24) is 0 Å². The van der Waals surface area contributed by atoms with Gasteiger partial charge in [-0.25, -0.2) is 4.79 Å². The Bertz CT molecular complexity index is 825. The fraction of sp³-hybridized carbons (Fsp3) is 0.263. The van der Waals surface area contributed by atoms with Crippen molar-refractivity contribution in [2.45, 2.75) is 32.5 Å². The molecule has 2 amide bonds. The average Bonchev–Trinajstić information content (AvgIpc) is 2.53. The Labute approximate surface area is 154 Å². The summed E-state index contributed by atoms with van der Waals surface area (Å²) in [7, 11) is 0. The highest BCUT2D eigenvalue weighted by Gasteiger charge is 2.30. The van der Waals surface area contributed by atoms with Crippen molar-refractivity contribution in [2.75, 3.05) is 10.6 Å². The van der Waals surface area contributed by atoms with Crippen LogP contribution < -0.4 is 10.6 Å². The van der Waals surface area contributed by atoms with E-state index in [9.17, 15) is 22.8 Å². The van der Waals surface area contributed by atoms with Crippen LogP contribution in [0.4, 0.5) is 29.3 Å². The molecule has 5 nitrogen and oxygen atoms in total. The molecule has 0 aliphatic rings. The van der Waals surface area contributed by atoms with Crippen molar-refractivity contribution < 1.29 is 27.5 Å². The van der Waals surface area contributed by atoms with Gasteiger partial charge in [-0.05, 0) is 63.2 Å². The van der Waals surface area contributed by atoms with Gasteiger partial charge in [-0.15, -0.1) is 0 Å².